The lowest BCUT2D eigenvalue weighted by molar-refractivity contribution is 0.00391. The molecule has 0 aromatic rings. The molecular formula is C12H26N2. The third-order valence-corrected chi connectivity index (χ3v) is 3.34. The van der Waals surface area contributed by atoms with Crippen LogP contribution < -0.4 is 0 Å². The van der Waals surface area contributed by atoms with Crippen LogP contribution in [0.5, 0.6) is 0 Å². The molecule has 0 N–H and O–H groups in total. The second kappa shape index (κ2) is 4.63. The maximum Gasteiger partial charge on any atom is 0.0201 e. The van der Waals surface area contributed by atoms with Crippen molar-refractivity contribution in [3.05, 3.63) is 0 Å². The molecule has 0 aromatic carbocycles. The van der Waals surface area contributed by atoms with Gasteiger partial charge in [0.2, 0.25) is 0 Å². The lowest BCUT2D eigenvalue weighted by atomic mass is 10.0. The highest BCUT2D eigenvalue weighted by atomic mass is 15.3. The summed E-state index contributed by atoms with van der Waals surface area (Å²) < 4.78 is 0. The molecule has 0 spiro atoms. The van der Waals surface area contributed by atoms with Crippen LogP contribution in [0.3, 0.4) is 0 Å². The van der Waals surface area contributed by atoms with Gasteiger partial charge in [0.15, 0.2) is 0 Å². The molecular weight excluding hydrogens is 172 g/mol. The second-order valence-electron chi connectivity index (χ2n) is 5.29. The van der Waals surface area contributed by atoms with Gasteiger partial charge in [0, 0.05) is 37.3 Å². The smallest absolute Gasteiger partial charge is 0.0201 e. The zero-order valence-electron chi connectivity index (χ0n) is 10.6. The van der Waals surface area contributed by atoms with Crippen molar-refractivity contribution in [1.82, 2.24) is 9.80 Å². The topological polar surface area (TPSA) is 6.48 Å². The summed E-state index contributed by atoms with van der Waals surface area (Å²) in [7, 11) is 0. The first-order valence-electron chi connectivity index (χ1n) is 5.95. The molecule has 1 fully saturated rings. The first-order chi connectivity index (χ1) is 6.43. The maximum absolute atomic E-state index is 2.64. The normalized spacial score (nSPS) is 31.7. The first-order valence-corrected chi connectivity index (χ1v) is 5.95. The zero-order chi connectivity index (χ0) is 10.9. The van der Waals surface area contributed by atoms with Crippen molar-refractivity contribution in [3.8, 4) is 0 Å². The number of hydrogen-bond donors (Lipinski definition) is 0. The van der Waals surface area contributed by atoms with E-state index in [0.29, 0.717) is 24.2 Å². The highest BCUT2D eigenvalue weighted by molar-refractivity contribution is 4.87. The van der Waals surface area contributed by atoms with Crippen LogP contribution in [0.4, 0.5) is 0 Å². The van der Waals surface area contributed by atoms with Gasteiger partial charge < -0.3 is 0 Å². The molecule has 1 saturated heterocycles. The van der Waals surface area contributed by atoms with Crippen LogP contribution in [0, 0.1) is 0 Å². The standard InChI is InChI=1S/C12H26N2/c1-9(2)13-7-11(5)14(10(3)4)12(6)8-13/h9-12H,7-8H2,1-6H3/t11-,12-/m0/s1. The molecule has 14 heavy (non-hydrogen) atoms. The summed E-state index contributed by atoms with van der Waals surface area (Å²) >= 11 is 0. The van der Waals surface area contributed by atoms with Crippen molar-refractivity contribution < 1.29 is 0 Å². The fourth-order valence-corrected chi connectivity index (χ4v) is 2.82. The number of piperazine rings is 1. The average Bonchev–Trinajstić information content (AvgIpc) is 2.01. The van der Waals surface area contributed by atoms with Gasteiger partial charge in [0.05, 0.1) is 0 Å². The Morgan fingerprint density at radius 3 is 1.57 bits per heavy atom. The highest BCUT2D eigenvalue weighted by Gasteiger charge is 2.31. The number of hydrogen-bond acceptors (Lipinski definition) is 2. The zero-order valence-corrected chi connectivity index (χ0v) is 10.6. The summed E-state index contributed by atoms with van der Waals surface area (Å²) in [4.78, 5) is 5.23. The quantitative estimate of drug-likeness (QED) is 0.671. The van der Waals surface area contributed by atoms with Gasteiger partial charge in [-0.15, -0.1) is 0 Å². The Hall–Kier alpha value is -0.0800. The van der Waals surface area contributed by atoms with E-state index in [4.69, 9.17) is 0 Å². The van der Waals surface area contributed by atoms with Crippen LogP contribution in [0.15, 0.2) is 0 Å². The molecule has 0 bridgehead atoms. The van der Waals surface area contributed by atoms with Gasteiger partial charge >= 0.3 is 0 Å². The summed E-state index contributed by atoms with van der Waals surface area (Å²) in [6.45, 7) is 16.3. The average molecular weight is 198 g/mol. The predicted octanol–water partition coefficient (Wildman–Crippen LogP) is 2.20. The number of nitrogens with zero attached hydrogens (tertiary/aromatic N) is 2. The Balaban J connectivity index is 2.63. The van der Waals surface area contributed by atoms with Crippen LogP contribution in [0.2, 0.25) is 0 Å². The molecule has 2 atom stereocenters. The molecule has 0 saturated carbocycles. The Morgan fingerprint density at radius 1 is 0.857 bits per heavy atom. The Bertz CT molecular complexity index is 165. The van der Waals surface area contributed by atoms with Crippen molar-refractivity contribution >= 4 is 0 Å². The summed E-state index contributed by atoms with van der Waals surface area (Å²) in [5.74, 6) is 0. The van der Waals surface area contributed by atoms with Crippen molar-refractivity contribution in [2.75, 3.05) is 13.1 Å². The minimum Gasteiger partial charge on any atom is -0.298 e. The van der Waals surface area contributed by atoms with Crippen molar-refractivity contribution in [2.24, 2.45) is 0 Å². The van der Waals surface area contributed by atoms with Crippen molar-refractivity contribution in [2.45, 2.75) is 65.7 Å². The first kappa shape index (κ1) is 12.0. The Morgan fingerprint density at radius 2 is 1.29 bits per heavy atom. The molecule has 0 amide bonds. The van der Waals surface area contributed by atoms with Gasteiger partial charge in [-0.1, -0.05) is 0 Å². The van der Waals surface area contributed by atoms with E-state index < -0.39 is 0 Å². The van der Waals surface area contributed by atoms with Crippen LogP contribution in [0.1, 0.15) is 41.5 Å². The SMILES string of the molecule is CC(C)N1C[C@H](C)N(C(C)C)[C@@H](C)C1. The molecule has 0 aromatic heterocycles. The van der Waals surface area contributed by atoms with Gasteiger partial charge in [-0.05, 0) is 41.5 Å². The van der Waals surface area contributed by atoms with Crippen LogP contribution in [-0.2, 0) is 0 Å². The van der Waals surface area contributed by atoms with Crippen LogP contribution in [0.25, 0.3) is 0 Å². The van der Waals surface area contributed by atoms with Gasteiger partial charge in [-0.25, -0.2) is 0 Å². The molecule has 0 aliphatic carbocycles. The van der Waals surface area contributed by atoms with E-state index in [-0.39, 0.29) is 0 Å². The summed E-state index contributed by atoms with van der Waals surface area (Å²) in [5, 5.41) is 0. The van der Waals surface area contributed by atoms with Crippen LogP contribution in [-0.4, -0.2) is 47.1 Å². The van der Waals surface area contributed by atoms with E-state index in [1.165, 1.54) is 13.1 Å². The lowest BCUT2D eigenvalue weighted by Gasteiger charge is -2.48. The monoisotopic (exact) mass is 198 g/mol. The summed E-state index contributed by atoms with van der Waals surface area (Å²) in [6.07, 6.45) is 0. The Kier molecular flexibility index (Phi) is 3.96. The van der Waals surface area contributed by atoms with E-state index in [2.05, 4.69) is 51.3 Å². The van der Waals surface area contributed by atoms with Gasteiger partial charge in [0.25, 0.3) is 0 Å². The second-order valence-corrected chi connectivity index (χ2v) is 5.29. The maximum atomic E-state index is 2.64. The van der Waals surface area contributed by atoms with Gasteiger partial charge in [0.1, 0.15) is 0 Å². The minimum absolute atomic E-state index is 0.675. The molecule has 0 unspecified atom stereocenters. The third kappa shape index (κ3) is 2.48. The third-order valence-electron chi connectivity index (χ3n) is 3.34. The van der Waals surface area contributed by atoms with E-state index in [9.17, 15) is 0 Å². The summed E-state index contributed by atoms with van der Waals surface area (Å²) in [5.41, 5.74) is 0. The Labute approximate surface area is 89.3 Å². The van der Waals surface area contributed by atoms with Gasteiger partial charge in [-0.3, -0.25) is 9.80 Å². The molecule has 0 radical (unpaired) electrons. The largest absolute Gasteiger partial charge is 0.298 e. The fraction of sp³-hybridized carbons (Fsp3) is 1.00. The molecule has 1 rings (SSSR count). The van der Waals surface area contributed by atoms with Crippen molar-refractivity contribution in [1.29, 1.82) is 0 Å². The molecule has 1 heterocycles. The molecule has 1 aliphatic rings. The molecule has 2 heteroatoms. The lowest BCUT2D eigenvalue weighted by Crippen LogP contribution is -2.60. The fourth-order valence-electron chi connectivity index (χ4n) is 2.82. The van der Waals surface area contributed by atoms with Gasteiger partial charge in [-0.2, -0.15) is 0 Å². The van der Waals surface area contributed by atoms with E-state index in [1.54, 1.807) is 0 Å². The van der Waals surface area contributed by atoms with E-state index in [1.807, 2.05) is 0 Å². The summed E-state index contributed by atoms with van der Waals surface area (Å²) in [6, 6.07) is 2.76. The molecule has 1 aliphatic heterocycles. The van der Waals surface area contributed by atoms with E-state index in [0.717, 1.165) is 0 Å². The predicted molar refractivity (Wildman–Crippen MR) is 62.6 cm³/mol. The van der Waals surface area contributed by atoms with E-state index >= 15 is 0 Å². The minimum atomic E-state index is 0.675. The number of rotatable bonds is 2. The molecule has 2 nitrogen and oxygen atoms in total. The van der Waals surface area contributed by atoms with Crippen molar-refractivity contribution in [3.63, 3.8) is 0 Å². The van der Waals surface area contributed by atoms with Crippen LogP contribution >= 0.6 is 0 Å². The highest BCUT2D eigenvalue weighted by Crippen LogP contribution is 2.19. The molecule has 84 valence electrons.